The van der Waals surface area contributed by atoms with Crippen molar-refractivity contribution in [2.45, 2.75) is 58.3 Å². The Kier molecular flexibility index (Phi) is 4.82. The van der Waals surface area contributed by atoms with Crippen LogP contribution in [0.15, 0.2) is 12.2 Å². The maximum Gasteiger partial charge on any atom is 0.248 e. The van der Waals surface area contributed by atoms with Gasteiger partial charge in [0.15, 0.2) is 0 Å². The summed E-state index contributed by atoms with van der Waals surface area (Å²) in [6.07, 6.45) is 6.14. The van der Waals surface area contributed by atoms with E-state index in [1.165, 1.54) is 19.3 Å². The molecular formula is C12H21NO2. The van der Waals surface area contributed by atoms with Gasteiger partial charge in [0, 0.05) is 5.57 Å². The summed E-state index contributed by atoms with van der Waals surface area (Å²) in [4.78, 5) is 11.3. The quantitative estimate of drug-likeness (QED) is 0.572. The van der Waals surface area contributed by atoms with Crippen LogP contribution in [0, 0.1) is 0 Å². The van der Waals surface area contributed by atoms with Crippen LogP contribution in [-0.2, 0) is 9.53 Å². The predicted molar refractivity (Wildman–Crippen MR) is 60.4 cm³/mol. The number of carbonyl (C=O) groups is 1. The van der Waals surface area contributed by atoms with Gasteiger partial charge in [-0.25, -0.2) is 0 Å². The molecule has 0 saturated heterocycles. The van der Waals surface area contributed by atoms with E-state index in [2.05, 4.69) is 11.9 Å². The van der Waals surface area contributed by atoms with Crippen LogP contribution >= 0.6 is 0 Å². The lowest BCUT2D eigenvalue weighted by Gasteiger charge is -2.26. The van der Waals surface area contributed by atoms with Gasteiger partial charge in [0.05, 0.1) is 6.10 Å². The molecule has 1 rings (SSSR count). The van der Waals surface area contributed by atoms with Crippen molar-refractivity contribution in [3.8, 4) is 0 Å². The first-order valence-electron chi connectivity index (χ1n) is 5.71. The molecule has 1 saturated carbocycles. The molecule has 15 heavy (non-hydrogen) atoms. The Morgan fingerprint density at radius 2 is 2.00 bits per heavy atom. The number of ether oxygens (including phenoxy) is 1. The average Bonchev–Trinajstić information content (AvgIpc) is 2.18. The van der Waals surface area contributed by atoms with E-state index in [1.807, 2.05) is 6.92 Å². The molecule has 1 aliphatic carbocycles. The van der Waals surface area contributed by atoms with E-state index < -0.39 is 0 Å². The van der Waals surface area contributed by atoms with Gasteiger partial charge < -0.3 is 10.1 Å². The summed E-state index contributed by atoms with van der Waals surface area (Å²) < 4.78 is 5.74. The van der Waals surface area contributed by atoms with Gasteiger partial charge in [-0.15, -0.1) is 0 Å². The smallest absolute Gasteiger partial charge is 0.248 e. The molecule has 1 unspecified atom stereocenters. The van der Waals surface area contributed by atoms with Crippen molar-refractivity contribution < 1.29 is 9.53 Å². The van der Waals surface area contributed by atoms with E-state index in [0.717, 1.165) is 12.8 Å². The number of amides is 1. The Bertz CT molecular complexity index is 232. The van der Waals surface area contributed by atoms with Gasteiger partial charge in [0.1, 0.15) is 6.23 Å². The Labute approximate surface area is 91.9 Å². The molecule has 1 aliphatic rings. The van der Waals surface area contributed by atoms with E-state index in [0.29, 0.717) is 11.7 Å². The van der Waals surface area contributed by atoms with E-state index in [4.69, 9.17) is 4.74 Å². The summed E-state index contributed by atoms with van der Waals surface area (Å²) in [6.45, 7) is 7.15. The third-order valence-electron chi connectivity index (χ3n) is 2.67. The van der Waals surface area contributed by atoms with Crippen LogP contribution < -0.4 is 5.32 Å². The van der Waals surface area contributed by atoms with Gasteiger partial charge in [-0.3, -0.25) is 4.79 Å². The fourth-order valence-corrected chi connectivity index (χ4v) is 1.83. The molecule has 0 aromatic heterocycles. The molecule has 1 fully saturated rings. The minimum Gasteiger partial charge on any atom is -0.356 e. The van der Waals surface area contributed by atoms with Gasteiger partial charge in [-0.05, 0) is 26.7 Å². The van der Waals surface area contributed by atoms with Crippen molar-refractivity contribution in [1.29, 1.82) is 0 Å². The molecule has 1 amide bonds. The van der Waals surface area contributed by atoms with Crippen LogP contribution in [0.3, 0.4) is 0 Å². The zero-order valence-corrected chi connectivity index (χ0v) is 9.71. The Morgan fingerprint density at radius 1 is 1.40 bits per heavy atom. The molecule has 0 spiro atoms. The first kappa shape index (κ1) is 12.2. The number of nitrogens with one attached hydrogen (secondary N) is 1. The van der Waals surface area contributed by atoms with Crippen LogP contribution in [0.4, 0.5) is 0 Å². The molecule has 0 aromatic carbocycles. The third-order valence-corrected chi connectivity index (χ3v) is 2.67. The standard InChI is InChI=1S/C12H21NO2/c1-9(2)12(14)13-10(3)15-11-7-5-4-6-8-11/h10-11H,1,4-8H2,2-3H3,(H,13,14). The Morgan fingerprint density at radius 3 is 2.53 bits per heavy atom. The highest BCUT2D eigenvalue weighted by atomic mass is 16.5. The molecule has 0 aromatic rings. The summed E-state index contributed by atoms with van der Waals surface area (Å²) >= 11 is 0. The monoisotopic (exact) mass is 211 g/mol. The van der Waals surface area contributed by atoms with Crippen LogP contribution in [0.1, 0.15) is 46.0 Å². The largest absolute Gasteiger partial charge is 0.356 e. The molecule has 0 bridgehead atoms. The highest BCUT2D eigenvalue weighted by molar-refractivity contribution is 5.92. The van der Waals surface area contributed by atoms with E-state index >= 15 is 0 Å². The van der Waals surface area contributed by atoms with Crippen molar-refractivity contribution in [1.82, 2.24) is 5.32 Å². The molecule has 1 N–H and O–H groups in total. The van der Waals surface area contributed by atoms with Crippen molar-refractivity contribution in [3.63, 3.8) is 0 Å². The molecule has 3 nitrogen and oxygen atoms in total. The highest BCUT2D eigenvalue weighted by Crippen LogP contribution is 2.20. The minimum absolute atomic E-state index is 0.127. The lowest BCUT2D eigenvalue weighted by atomic mass is 9.98. The maximum absolute atomic E-state index is 11.3. The van der Waals surface area contributed by atoms with Crippen LogP contribution in [0.5, 0.6) is 0 Å². The van der Waals surface area contributed by atoms with Crippen LogP contribution in [0.2, 0.25) is 0 Å². The number of hydrogen-bond acceptors (Lipinski definition) is 2. The third kappa shape index (κ3) is 4.47. The second kappa shape index (κ2) is 5.91. The molecule has 0 radical (unpaired) electrons. The van der Waals surface area contributed by atoms with Crippen LogP contribution in [-0.4, -0.2) is 18.2 Å². The fraction of sp³-hybridized carbons (Fsp3) is 0.750. The summed E-state index contributed by atoms with van der Waals surface area (Å²) in [5, 5.41) is 2.77. The number of rotatable bonds is 4. The fourth-order valence-electron chi connectivity index (χ4n) is 1.83. The van der Waals surface area contributed by atoms with Crippen molar-refractivity contribution in [3.05, 3.63) is 12.2 Å². The zero-order chi connectivity index (χ0) is 11.3. The first-order chi connectivity index (χ1) is 7.09. The Balaban J connectivity index is 2.25. The molecule has 3 heteroatoms. The normalized spacial score (nSPS) is 19.6. The summed E-state index contributed by atoms with van der Waals surface area (Å²) in [5.74, 6) is -0.127. The highest BCUT2D eigenvalue weighted by Gasteiger charge is 2.17. The minimum atomic E-state index is -0.211. The van der Waals surface area contributed by atoms with Crippen molar-refractivity contribution >= 4 is 5.91 Å². The lowest BCUT2D eigenvalue weighted by molar-refractivity contribution is -0.123. The van der Waals surface area contributed by atoms with E-state index in [9.17, 15) is 4.79 Å². The second-order valence-corrected chi connectivity index (χ2v) is 4.29. The molecule has 0 heterocycles. The van der Waals surface area contributed by atoms with Gasteiger partial charge in [0.2, 0.25) is 5.91 Å². The van der Waals surface area contributed by atoms with E-state index in [-0.39, 0.29) is 12.1 Å². The van der Waals surface area contributed by atoms with E-state index in [1.54, 1.807) is 6.92 Å². The average molecular weight is 211 g/mol. The van der Waals surface area contributed by atoms with Gasteiger partial charge in [0.25, 0.3) is 0 Å². The summed E-state index contributed by atoms with van der Waals surface area (Å²) in [5.41, 5.74) is 0.522. The zero-order valence-electron chi connectivity index (χ0n) is 9.71. The molecule has 1 atom stereocenters. The maximum atomic E-state index is 11.3. The van der Waals surface area contributed by atoms with Crippen molar-refractivity contribution in [2.24, 2.45) is 0 Å². The summed E-state index contributed by atoms with van der Waals surface area (Å²) in [6, 6.07) is 0. The van der Waals surface area contributed by atoms with Gasteiger partial charge in [-0.2, -0.15) is 0 Å². The SMILES string of the molecule is C=C(C)C(=O)NC(C)OC1CCCCC1. The number of carbonyl (C=O) groups excluding carboxylic acids is 1. The van der Waals surface area contributed by atoms with Crippen LogP contribution in [0.25, 0.3) is 0 Å². The van der Waals surface area contributed by atoms with Crippen molar-refractivity contribution in [2.75, 3.05) is 0 Å². The Hall–Kier alpha value is -0.830. The second-order valence-electron chi connectivity index (χ2n) is 4.29. The lowest BCUT2D eigenvalue weighted by Crippen LogP contribution is -2.38. The molecular weight excluding hydrogens is 190 g/mol. The van der Waals surface area contributed by atoms with Gasteiger partial charge >= 0.3 is 0 Å². The summed E-state index contributed by atoms with van der Waals surface area (Å²) in [7, 11) is 0. The predicted octanol–water partition coefficient (Wildman–Crippen LogP) is 2.37. The van der Waals surface area contributed by atoms with Gasteiger partial charge in [-0.1, -0.05) is 25.8 Å². The number of hydrogen-bond donors (Lipinski definition) is 1. The topological polar surface area (TPSA) is 38.3 Å². The molecule has 86 valence electrons. The first-order valence-corrected chi connectivity index (χ1v) is 5.71. The molecule has 0 aliphatic heterocycles.